The molecule has 0 saturated heterocycles. The minimum Gasteiger partial charge on any atom is -0.497 e. The number of anilines is 1. The van der Waals surface area contributed by atoms with E-state index in [1.807, 2.05) is 74.5 Å². The van der Waals surface area contributed by atoms with Gasteiger partial charge >= 0.3 is 0 Å². The number of amides is 1. The van der Waals surface area contributed by atoms with Crippen LogP contribution in [0.25, 0.3) is 22.6 Å². The lowest BCUT2D eigenvalue weighted by Gasteiger charge is -2.08. The third-order valence-corrected chi connectivity index (χ3v) is 4.73. The van der Waals surface area contributed by atoms with Gasteiger partial charge in [0.15, 0.2) is 5.58 Å². The first kappa shape index (κ1) is 17.8. The molecule has 0 radical (unpaired) electrons. The summed E-state index contributed by atoms with van der Waals surface area (Å²) in [6, 6.07) is 18.6. The number of nitrogens with zero attached hydrogens (tertiary/aromatic N) is 1. The molecule has 4 rings (SSSR count). The van der Waals surface area contributed by atoms with Crippen molar-refractivity contribution in [1.82, 2.24) is 4.98 Å². The standard InChI is InChI=1S/C23H20N2O3/c1-14-7-8-16(11-15(14)2)22(26)24-18-6-4-5-17(12-18)23-25-20-13-19(27-3)9-10-21(20)28-23/h4-13H,1-3H3,(H,24,26). The molecule has 0 bridgehead atoms. The third-order valence-electron chi connectivity index (χ3n) is 4.73. The number of carbonyl (C=O) groups excluding carboxylic acids is 1. The molecule has 0 saturated carbocycles. The third kappa shape index (κ3) is 3.47. The molecule has 1 heterocycles. The summed E-state index contributed by atoms with van der Waals surface area (Å²) >= 11 is 0. The van der Waals surface area contributed by atoms with Crippen LogP contribution in [0.5, 0.6) is 5.75 Å². The Kier molecular flexibility index (Phi) is 4.57. The van der Waals surface area contributed by atoms with Crippen molar-refractivity contribution >= 4 is 22.7 Å². The molecule has 140 valence electrons. The maximum atomic E-state index is 12.6. The van der Waals surface area contributed by atoms with Crippen molar-refractivity contribution < 1.29 is 13.9 Å². The van der Waals surface area contributed by atoms with Crippen molar-refractivity contribution in [3.05, 3.63) is 77.4 Å². The number of carbonyl (C=O) groups is 1. The Balaban J connectivity index is 1.60. The summed E-state index contributed by atoms with van der Waals surface area (Å²) < 4.78 is 11.1. The summed E-state index contributed by atoms with van der Waals surface area (Å²) in [5.74, 6) is 1.06. The van der Waals surface area contributed by atoms with Gasteiger partial charge in [-0.05, 0) is 67.4 Å². The number of nitrogens with one attached hydrogen (secondary N) is 1. The predicted molar refractivity (Wildman–Crippen MR) is 110 cm³/mol. The second kappa shape index (κ2) is 7.19. The molecule has 1 aromatic heterocycles. The Morgan fingerprint density at radius 2 is 1.86 bits per heavy atom. The quantitative estimate of drug-likeness (QED) is 0.523. The van der Waals surface area contributed by atoms with Gasteiger partial charge in [0, 0.05) is 22.9 Å². The van der Waals surface area contributed by atoms with Crippen LogP contribution in [-0.2, 0) is 0 Å². The van der Waals surface area contributed by atoms with Crippen molar-refractivity contribution in [3.8, 4) is 17.2 Å². The van der Waals surface area contributed by atoms with Gasteiger partial charge in [0.2, 0.25) is 5.89 Å². The van der Waals surface area contributed by atoms with Crippen molar-refractivity contribution in [2.75, 3.05) is 12.4 Å². The Morgan fingerprint density at radius 1 is 1.00 bits per heavy atom. The Hall–Kier alpha value is -3.60. The number of benzene rings is 3. The van der Waals surface area contributed by atoms with Gasteiger partial charge in [0.1, 0.15) is 11.3 Å². The van der Waals surface area contributed by atoms with Gasteiger partial charge in [-0.3, -0.25) is 4.79 Å². The normalized spacial score (nSPS) is 10.8. The van der Waals surface area contributed by atoms with E-state index in [-0.39, 0.29) is 5.91 Å². The Labute approximate surface area is 163 Å². The van der Waals surface area contributed by atoms with Crippen LogP contribution in [-0.4, -0.2) is 18.0 Å². The topological polar surface area (TPSA) is 64.4 Å². The number of hydrogen-bond acceptors (Lipinski definition) is 4. The average Bonchev–Trinajstić information content (AvgIpc) is 3.13. The SMILES string of the molecule is COc1ccc2oc(-c3cccc(NC(=O)c4ccc(C)c(C)c4)c3)nc2c1. The summed E-state index contributed by atoms with van der Waals surface area (Å²) in [5, 5.41) is 2.94. The lowest BCUT2D eigenvalue weighted by atomic mass is 10.1. The van der Waals surface area contributed by atoms with Crippen molar-refractivity contribution in [3.63, 3.8) is 0 Å². The van der Waals surface area contributed by atoms with Crippen molar-refractivity contribution in [1.29, 1.82) is 0 Å². The van der Waals surface area contributed by atoms with E-state index in [1.165, 1.54) is 0 Å². The van der Waals surface area contributed by atoms with E-state index in [1.54, 1.807) is 7.11 Å². The first-order valence-electron chi connectivity index (χ1n) is 8.97. The first-order chi connectivity index (χ1) is 13.5. The van der Waals surface area contributed by atoms with Crippen LogP contribution in [0.15, 0.2) is 65.1 Å². The van der Waals surface area contributed by atoms with E-state index in [2.05, 4.69) is 10.3 Å². The number of oxazole rings is 1. The molecule has 0 aliphatic heterocycles. The van der Waals surface area contributed by atoms with E-state index < -0.39 is 0 Å². The molecule has 1 N–H and O–H groups in total. The number of methoxy groups -OCH3 is 1. The number of fused-ring (bicyclic) bond motifs is 1. The molecule has 0 spiro atoms. The number of hydrogen-bond donors (Lipinski definition) is 1. The second-order valence-corrected chi connectivity index (χ2v) is 6.69. The van der Waals surface area contributed by atoms with E-state index in [0.29, 0.717) is 22.7 Å². The van der Waals surface area contributed by atoms with E-state index in [4.69, 9.17) is 9.15 Å². The van der Waals surface area contributed by atoms with E-state index >= 15 is 0 Å². The fourth-order valence-electron chi connectivity index (χ4n) is 2.97. The highest BCUT2D eigenvalue weighted by atomic mass is 16.5. The summed E-state index contributed by atoms with van der Waals surface area (Å²) in [7, 11) is 1.61. The minimum atomic E-state index is -0.150. The highest BCUT2D eigenvalue weighted by Crippen LogP contribution is 2.28. The summed E-state index contributed by atoms with van der Waals surface area (Å²) in [4.78, 5) is 17.1. The van der Waals surface area contributed by atoms with Gasteiger partial charge in [-0.25, -0.2) is 4.98 Å². The summed E-state index contributed by atoms with van der Waals surface area (Å²) in [6.45, 7) is 4.02. The largest absolute Gasteiger partial charge is 0.497 e. The zero-order chi connectivity index (χ0) is 19.7. The Bertz CT molecular complexity index is 1180. The molecule has 0 aliphatic rings. The maximum Gasteiger partial charge on any atom is 0.255 e. The number of aryl methyl sites for hydroxylation is 2. The van der Waals surface area contributed by atoms with E-state index in [0.717, 1.165) is 28.0 Å². The summed E-state index contributed by atoms with van der Waals surface area (Å²) in [5.41, 5.74) is 5.74. The minimum absolute atomic E-state index is 0.150. The molecular weight excluding hydrogens is 352 g/mol. The van der Waals surface area contributed by atoms with Crippen LogP contribution in [0, 0.1) is 13.8 Å². The van der Waals surface area contributed by atoms with Gasteiger partial charge in [-0.2, -0.15) is 0 Å². The molecule has 1 amide bonds. The molecule has 0 aliphatic carbocycles. The van der Waals surface area contributed by atoms with E-state index in [9.17, 15) is 4.79 Å². The lowest BCUT2D eigenvalue weighted by Crippen LogP contribution is -2.12. The predicted octanol–water partition coefficient (Wildman–Crippen LogP) is 5.37. The highest BCUT2D eigenvalue weighted by molar-refractivity contribution is 6.04. The summed E-state index contributed by atoms with van der Waals surface area (Å²) in [6.07, 6.45) is 0. The molecule has 5 heteroatoms. The second-order valence-electron chi connectivity index (χ2n) is 6.69. The average molecular weight is 372 g/mol. The number of aromatic nitrogens is 1. The van der Waals surface area contributed by atoms with Crippen LogP contribution in [0.2, 0.25) is 0 Å². The van der Waals surface area contributed by atoms with Crippen LogP contribution < -0.4 is 10.1 Å². The van der Waals surface area contributed by atoms with Crippen molar-refractivity contribution in [2.45, 2.75) is 13.8 Å². The maximum absolute atomic E-state index is 12.6. The van der Waals surface area contributed by atoms with Gasteiger partial charge < -0.3 is 14.5 Å². The zero-order valence-corrected chi connectivity index (χ0v) is 15.9. The number of rotatable bonds is 4. The molecule has 5 nitrogen and oxygen atoms in total. The Morgan fingerprint density at radius 3 is 2.64 bits per heavy atom. The molecular formula is C23H20N2O3. The monoisotopic (exact) mass is 372 g/mol. The molecule has 0 atom stereocenters. The van der Waals surface area contributed by atoms with Crippen molar-refractivity contribution in [2.24, 2.45) is 0 Å². The molecule has 3 aromatic carbocycles. The van der Waals surface area contributed by atoms with Crippen LogP contribution in [0.1, 0.15) is 21.5 Å². The van der Waals surface area contributed by atoms with Gasteiger partial charge in [-0.15, -0.1) is 0 Å². The zero-order valence-electron chi connectivity index (χ0n) is 15.9. The highest BCUT2D eigenvalue weighted by Gasteiger charge is 2.12. The fraction of sp³-hybridized carbons (Fsp3) is 0.130. The smallest absolute Gasteiger partial charge is 0.255 e. The molecule has 4 aromatic rings. The fourth-order valence-corrected chi connectivity index (χ4v) is 2.97. The van der Waals surface area contributed by atoms with Gasteiger partial charge in [-0.1, -0.05) is 12.1 Å². The number of ether oxygens (including phenoxy) is 1. The lowest BCUT2D eigenvalue weighted by molar-refractivity contribution is 0.102. The molecule has 0 fully saturated rings. The van der Waals surface area contributed by atoms with Gasteiger partial charge in [0.25, 0.3) is 5.91 Å². The van der Waals surface area contributed by atoms with Gasteiger partial charge in [0.05, 0.1) is 7.11 Å². The van der Waals surface area contributed by atoms with Crippen LogP contribution >= 0.6 is 0 Å². The van der Waals surface area contributed by atoms with Crippen LogP contribution in [0.3, 0.4) is 0 Å². The van der Waals surface area contributed by atoms with Crippen LogP contribution in [0.4, 0.5) is 5.69 Å². The first-order valence-corrected chi connectivity index (χ1v) is 8.97. The molecule has 28 heavy (non-hydrogen) atoms. The molecule has 0 unspecified atom stereocenters.